The van der Waals surface area contributed by atoms with Gasteiger partial charge in [-0.2, -0.15) is 0 Å². The number of ketones is 1. The largest absolute Gasteiger partial charge is 0.573 e. The van der Waals surface area contributed by atoms with Gasteiger partial charge in [0.1, 0.15) is 5.84 Å². The Morgan fingerprint density at radius 1 is 1.07 bits per heavy atom. The first kappa shape index (κ1) is 17.1. The molecule has 8 heteroatoms. The molecule has 0 bridgehead atoms. The van der Waals surface area contributed by atoms with Gasteiger partial charge in [-0.3, -0.25) is 10.2 Å². The van der Waals surface area contributed by atoms with Crippen LogP contribution in [0.3, 0.4) is 0 Å². The van der Waals surface area contributed by atoms with E-state index >= 15 is 0 Å². The lowest BCUT2D eigenvalue weighted by Crippen LogP contribution is -2.27. The zero-order valence-corrected chi connectivity index (χ0v) is 13.9. The quantitative estimate of drug-likeness (QED) is 0.785. The molecule has 2 aliphatic heterocycles. The standard InChI is InChI=1S/C19H14F3N3O2/c20-19(21,22)27-16-8-4-3-7-14(16)25-10-15(26)17(18(25)23)13-9-11-5-1-2-6-12(11)24-13/h1-8,23-24H,9-10H2. The molecule has 1 saturated heterocycles. The van der Waals surface area contributed by atoms with Crippen LogP contribution in [0.15, 0.2) is 59.8 Å². The summed E-state index contributed by atoms with van der Waals surface area (Å²) in [5.74, 6) is -0.915. The highest BCUT2D eigenvalue weighted by Gasteiger charge is 2.38. The van der Waals surface area contributed by atoms with Crippen LogP contribution in [0, 0.1) is 5.41 Å². The van der Waals surface area contributed by atoms with Crippen LogP contribution in [0.4, 0.5) is 24.5 Å². The summed E-state index contributed by atoms with van der Waals surface area (Å²) >= 11 is 0. The summed E-state index contributed by atoms with van der Waals surface area (Å²) < 4.78 is 42.1. The zero-order chi connectivity index (χ0) is 19.2. The molecule has 0 saturated carbocycles. The third kappa shape index (κ3) is 3.14. The number of allylic oxidation sites excluding steroid dienone is 1. The maximum Gasteiger partial charge on any atom is 0.573 e. The van der Waals surface area contributed by atoms with Crippen LogP contribution in [-0.2, 0) is 11.2 Å². The van der Waals surface area contributed by atoms with Crippen molar-refractivity contribution in [3.8, 4) is 5.75 Å². The lowest BCUT2D eigenvalue weighted by atomic mass is 10.1. The number of nitrogens with zero attached hydrogens (tertiary/aromatic N) is 1. The van der Waals surface area contributed by atoms with Crippen LogP contribution in [-0.4, -0.2) is 24.5 Å². The summed E-state index contributed by atoms with van der Waals surface area (Å²) in [6, 6.07) is 13.0. The monoisotopic (exact) mass is 373 g/mol. The van der Waals surface area contributed by atoms with Crippen molar-refractivity contribution in [1.29, 1.82) is 5.41 Å². The third-order valence-electron chi connectivity index (χ3n) is 4.44. The molecule has 2 aromatic carbocycles. The van der Waals surface area contributed by atoms with Crippen molar-refractivity contribution in [2.45, 2.75) is 12.8 Å². The van der Waals surface area contributed by atoms with Crippen molar-refractivity contribution in [2.75, 3.05) is 16.8 Å². The molecule has 138 valence electrons. The van der Waals surface area contributed by atoms with Crippen LogP contribution in [0.25, 0.3) is 0 Å². The maximum atomic E-state index is 12.7. The van der Waals surface area contributed by atoms with Gasteiger partial charge in [0, 0.05) is 17.8 Å². The number of carbonyl (C=O) groups is 1. The zero-order valence-electron chi connectivity index (χ0n) is 13.9. The molecule has 4 rings (SSSR count). The lowest BCUT2D eigenvalue weighted by Gasteiger charge is -2.21. The van der Waals surface area contributed by atoms with Crippen molar-refractivity contribution in [1.82, 2.24) is 0 Å². The Labute approximate surface area is 152 Å². The fraction of sp³-hybridized carbons (Fsp3) is 0.158. The predicted octanol–water partition coefficient (Wildman–Crippen LogP) is 3.87. The second-order valence-corrected chi connectivity index (χ2v) is 6.19. The number of anilines is 2. The Balaban J connectivity index is 1.69. The topological polar surface area (TPSA) is 65.4 Å². The molecule has 0 radical (unpaired) electrons. The minimum absolute atomic E-state index is 0.0271. The number of alkyl halides is 3. The van der Waals surface area contributed by atoms with Gasteiger partial charge in [0.2, 0.25) is 0 Å². The predicted molar refractivity (Wildman–Crippen MR) is 94.0 cm³/mol. The highest BCUT2D eigenvalue weighted by molar-refractivity contribution is 6.33. The Hall–Kier alpha value is -3.29. The number of fused-ring (bicyclic) bond motifs is 1. The van der Waals surface area contributed by atoms with Gasteiger partial charge in [0.25, 0.3) is 0 Å². The summed E-state index contributed by atoms with van der Waals surface area (Å²) in [6.07, 6.45) is -4.40. The van der Waals surface area contributed by atoms with Crippen molar-refractivity contribution >= 4 is 23.0 Å². The van der Waals surface area contributed by atoms with Gasteiger partial charge in [-0.15, -0.1) is 13.2 Å². The Kier molecular flexibility index (Phi) is 3.91. The van der Waals surface area contributed by atoms with E-state index in [2.05, 4.69) is 10.1 Å². The first-order valence-electron chi connectivity index (χ1n) is 8.16. The second kappa shape index (κ2) is 6.15. The van der Waals surface area contributed by atoms with Gasteiger partial charge < -0.3 is 15.0 Å². The SMILES string of the molecule is N=C1C(=C2Cc3ccccc3N2)C(=O)CN1c1ccccc1OC(F)(F)F. The van der Waals surface area contributed by atoms with E-state index in [0.717, 1.165) is 17.3 Å². The summed E-state index contributed by atoms with van der Waals surface area (Å²) in [5.41, 5.74) is 2.66. The molecule has 2 aliphatic rings. The van der Waals surface area contributed by atoms with Gasteiger partial charge in [0.05, 0.1) is 17.8 Å². The fourth-order valence-corrected chi connectivity index (χ4v) is 3.32. The van der Waals surface area contributed by atoms with Crippen LogP contribution < -0.4 is 15.0 Å². The van der Waals surface area contributed by atoms with Gasteiger partial charge in [-0.1, -0.05) is 30.3 Å². The van der Waals surface area contributed by atoms with E-state index in [0.29, 0.717) is 12.1 Å². The molecule has 0 aliphatic carbocycles. The molecule has 27 heavy (non-hydrogen) atoms. The summed E-state index contributed by atoms with van der Waals surface area (Å²) in [4.78, 5) is 13.8. The third-order valence-corrected chi connectivity index (χ3v) is 4.44. The highest BCUT2D eigenvalue weighted by atomic mass is 19.4. The van der Waals surface area contributed by atoms with Gasteiger partial charge in [0.15, 0.2) is 11.5 Å². The van der Waals surface area contributed by atoms with Gasteiger partial charge in [-0.25, -0.2) is 0 Å². The summed E-state index contributed by atoms with van der Waals surface area (Å²) in [6.45, 7) is -0.214. The van der Waals surface area contributed by atoms with E-state index in [-0.39, 0.29) is 29.4 Å². The van der Waals surface area contributed by atoms with E-state index in [4.69, 9.17) is 5.41 Å². The molecule has 0 unspecified atom stereocenters. The van der Waals surface area contributed by atoms with Crippen LogP contribution >= 0.6 is 0 Å². The number of hydrogen-bond acceptors (Lipinski definition) is 4. The van der Waals surface area contributed by atoms with Crippen LogP contribution in [0.5, 0.6) is 5.75 Å². The van der Waals surface area contributed by atoms with E-state index in [9.17, 15) is 18.0 Å². The minimum atomic E-state index is -4.86. The van der Waals surface area contributed by atoms with Crippen molar-refractivity contribution in [2.24, 2.45) is 0 Å². The molecule has 2 heterocycles. The minimum Gasteiger partial charge on any atom is -0.404 e. The molecule has 0 aromatic heterocycles. The first-order valence-corrected chi connectivity index (χ1v) is 8.16. The summed E-state index contributed by atoms with van der Waals surface area (Å²) in [5, 5.41) is 11.5. The maximum absolute atomic E-state index is 12.7. The van der Waals surface area contributed by atoms with Crippen LogP contribution in [0.2, 0.25) is 0 Å². The number of hydrogen-bond donors (Lipinski definition) is 2. The number of rotatable bonds is 2. The second-order valence-electron chi connectivity index (χ2n) is 6.19. The van der Waals surface area contributed by atoms with Gasteiger partial charge in [-0.05, 0) is 23.8 Å². The van der Waals surface area contributed by atoms with Crippen molar-refractivity contribution in [3.05, 3.63) is 65.4 Å². The van der Waals surface area contributed by atoms with Gasteiger partial charge >= 0.3 is 6.36 Å². The summed E-state index contributed by atoms with van der Waals surface area (Å²) in [7, 11) is 0. The first-order chi connectivity index (χ1) is 12.8. The highest BCUT2D eigenvalue weighted by Crippen LogP contribution is 2.37. The number of nitrogens with one attached hydrogen (secondary N) is 2. The molecular formula is C19H14F3N3O2. The van der Waals surface area contributed by atoms with Crippen molar-refractivity contribution < 1.29 is 22.7 Å². The van der Waals surface area contributed by atoms with Crippen LogP contribution in [0.1, 0.15) is 5.56 Å². The molecule has 0 amide bonds. The number of Topliss-reactive ketones (excluding diaryl/α,β-unsaturated/α-hetero) is 1. The molecule has 1 fully saturated rings. The fourth-order valence-electron chi connectivity index (χ4n) is 3.32. The Morgan fingerprint density at radius 3 is 2.52 bits per heavy atom. The molecule has 0 spiro atoms. The number of amidine groups is 1. The average molecular weight is 373 g/mol. The van der Waals surface area contributed by atoms with E-state index < -0.39 is 12.1 Å². The molecule has 2 N–H and O–H groups in total. The van der Waals surface area contributed by atoms with E-state index in [1.165, 1.54) is 23.1 Å². The van der Waals surface area contributed by atoms with Crippen molar-refractivity contribution in [3.63, 3.8) is 0 Å². The number of ether oxygens (including phenoxy) is 1. The molecule has 5 nitrogen and oxygen atoms in total. The normalized spacial score (nSPS) is 19.3. The number of benzene rings is 2. The average Bonchev–Trinajstić information content (AvgIpc) is 3.14. The van der Waals surface area contributed by atoms with E-state index in [1.807, 2.05) is 24.3 Å². The number of para-hydroxylation sites is 3. The number of carbonyl (C=O) groups excluding carboxylic acids is 1. The molecule has 0 atom stereocenters. The Bertz CT molecular complexity index is 955. The Morgan fingerprint density at radius 2 is 1.78 bits per heavy atom. The molecular weight excluding hydrogens is 359 g/mol. The lowest BCUT2D eigenvalue weighted by molar-refractivity contribution is -0.274. The van der Waals surface area contributed by atoms with E-state index in [1.54, 1.807) is 0 Å². The smallest absolute Gasteiger partial charge is 0.404 e. The number of halogens is 3. The molecule has 2 aromatic rings.